The van der Waals surface area contributed by atoms with Crippen LogP contribution >= 0.6 is 11.3 Å². The smallest absolute Gasteiger partial charge is 0.220 e. The van der Waals surface area contributed by atoms with Crippen molar-refractivity contribution in [2.75, 3.05) is 20.1 Å². The Morgan fingerprint density at radius 3 is 2.72 bits per heavy atom. The van der Waals surface area contributed by atoms with Gasteiger partial charge in [0.1, 0.15) is 0 Å². The van der Waals surface area contributed by atoms with Crippen LogP contribution in [0.2, 0.25) is 0 Å². The van der Waals surface area contributed by atoms with Gasteiger partial charge in [0.15, 0.2) is 0 Å². The molecule has 0 aliphatic carbocycles. The molecule has 0 fully saturated rings. The van der Waals surface area contributed by atoms with Gasteiger partial charge >= 0.3 is 0 Å². The fourth-order valence-electron chi connectivity index (χ4n) is 1.98. The van der Waals surface area contributed by atoms with Crippen molar-refractivity contribution in [2.45, 2.75) is 39.0 Å². The summed E-state index contributed by atoms with van der Waals surface area (Å²) in [6, 6.07) is 2.14. The summed E-state index contributed by atoms with van der Waals surface area (Å²) in [5.41, 5.74) is 1.33. The van der Waals surface area contributed by atoms with E-state index in [-0.39, 0.29) is 11.3 Å². The third kappa shape index (κ3) is 4.42. The molecule has 0 radical (unpaired) electrons. The second-order valence-corrected chi connectivity index (χ2v) is 6.22. The van der Waals surface area contributed by atoms with Gasteiger partial charge in [-0.25, -0.2) is 0 Å². The minimum atomic E-state index is 0.0108. The monoisotopic (exact) mass is 268 g/mol. The lowest BCUT2D eigenvalue weighted by molar-refractivity contribution is -0.121. The zero-order valence-electron chi connectivity index (χ0n) is 11.8. The standard InChI is InChI=1S/C14H24N2OS/c1-11-7-9-18-13(11)14(2,3)10-16-12(17)6-5-8-15-4/h7,9,15H,5-6,8,10H2,1-4H3,(H,16,17). The van der Waals surface area contributed by atoms with Gasteiger partial charge in [0.2, 0.25) is 5.91 Å². The number of rotatable bonds is 7. The molecule has 0 saturated heterocycles. The fourth-order valence-corrected chi connectivity index (χ4v) is 3.03. The molecule has 0 aliphatic heterocycles. The highest BCUT2D eigenvalue weighted by molar-refractivity contribution is 7.10. The van der Waals surface area contributed by atoms with Gasteiger partial charge < -0.3 is 10.6 Å². The Morgan fingerprint density at radius 2 is 2.17 bits per heavy atom. The minimum Gasteiger partial charge on any atom is -0.355 e. The molecule has 1 heterocycles. The Bertz CT molecular complexity index is 385. The van der Waals surface area contributed by atoms with Gasteiger partial charge in [-0.2, -0.15) is 0 Å². The van der Waals surface area contributed by atoms with E-state index in [2.05, 4.69) is 42.9 Å². The van der Waals surface area contributed by atoms with Crippen LogP contribution < -0.4 is 10.6 Å². The van der Waals surface area contributed by atoms with Crippen LogP contribution in [0.1, 0.15) is 37.1 Å². The van der Waals surface area contributed by atoms with Gasteiger partial charge in [0, 0.05) is 23.3 Å². The summed E-state index contributed by atoms with van der Waals surface area (Å²) < 4.78 is 0. The highest BCUT2D eigenvalue weighted by Crippen LogP contribution is 2.30. The summed E-state index contributed by atoms with van der Waals surface area (Å²) in [4.78, 5) is 13.0. The molecule has 102 valence electrons. The highest BCUT2D eigenvalue weighted by atomic mass is 32.1. The highest BCUT2D eigenvalue weighted by Gasteiger charge is 2.24. The van der Waals surface area contributed by atoms with Crippen LogP contribution in [0.4, 0.5) is 0 Å². The lowest BCUT2D eigenvalue weighted by atomic mass is 9.89. The van der Waals surface area contributed by atoms with Crippen LogP contribution in [-0.4, -0.2) is 26.0 Å². The third-order valence-corrected chi connectivity index (χ3v) is 4.42. The van der Waals surface area contributed by atoms with Gasteiger partial charge in [-0.3, -0.25) is 4.79 Å². The van der Waals surface area contributed by atoms with Crippen molar-refractivity contribution in [1.29, 1.82) is 0 Å². The largest absolute Gasteiger partial charge is 0.355 e. The molecule has 0 unspecified atom stereocenters. The number of hydrogen-bond donors (Lipinski definition) is 2. The average molecular weight is 268 g/mol. The summed E-state index contributed by atoms with van der Waals surface area (Å²) in [5.74, 6) is 0.146. The first-order valence-corrected chi connectivity index (χ1v) is 7.31. The van der Waals surface area contributed by atoms with Gasteiger partial charge in [0.25, 0.3) is 0 Å². The summed E-state index contributed by atoms with van der Waals surface area (Å²) in [7, 11) is 1.90. The maximum atomic E-state index is 11.7. The van der Waals surface area contributed by atoms with E-state index in [1.54, 1.807) is 11.3 Å². The predicted octanol–water partition coefficient (Wildman–Crippen LogP) is 2.45. The molecule has 3 nitrogen and oxygen atoms in total. The number of aryl methyl sites for hydroxylation is 1. The molecule has 18 heavy (non-hydrogen) atoms. The summed E-state index contributed by atoms with van der Waals surface area (Å²) in [5, 5.41) is 8.20. The van der Waals surface area contributed by atoms with E-state index in [9.17, 15) is 4.79 Å². The van der Waals surface area contributed by atoms with Crippen LogP contribution in [0, 0.1) is 6.92 Å². The molecule has 0 atom stereocenters. The molecule has 0 aromatic carbocycles. The minimum absolute atomic E-state index is 0.0108. The summed E-state index contributed by atoms with van der Waals surface area (Å²) in [6.07, 6.45) is 1.49. The first-order valence-electron chi connectivity index (χ1n) is 6.43. The van der Waals surface area contributed by atoms with Crippen molar-refractivity contribution in [3.63, 3.8) is 0 Å². The number of hydrogen-bond acceptors (Lipinski definition) is 3. The number of carbonyl (C=O) groups excluding carboxylic acids is 1. The lowest BCUT2D eigenvalue weighted by Crippen LogP contribution is -2.36. The molecule has 1 amide bonds. The van der Waals surface area contributed by atoms with Crippen LogP contribution in [0.5, 0.6) is 0 Å². The molecule has 1 rings (SSSR count). The van der Waals surface area contributed by atoms with Crippen LogP contribution in [0.25, 0.3) is 0 Å². The van der Waals surface area contributed by atoms with Gasteiger partial charge in [-0.05, 0) is 43.9 Å². The van der Waals surface area contributed by atoms with Crippen LogP contribution in [0.15, 0.2) is 11.4 Å². The Hall–Kier alpha value is -0.870. The average Bonchev–Trinajstić information content (AvgIpc) is 2.74. The van der Waals surface area contributed by atoms with Crippen LogP contribution in [-0.2, 0) is 10.2 Å². The van der Waals surface area contributed by atoms with E-state index in [0.717, 1.165) is 13.0 Å². The Morgan fingerprint density at radius 1 is 1.44 bits per heavy atom. The van der Waals surface area contributed by atoms with Crippen molar-refractivity contribution in [3.8, 4) is 0 Å². The van der Waals surface area contributed by atoms with E-state index in [0.29, 0.717) is 13.0 Å². The molecule has 1 aromatic heterocycles. The second-order valence-electron chi connectivity index (χ2n) is 5.30. The number of thiophene rings is 1. The normalized spacial score (nSPS) is 11.6. The first-order chi connectivity index (χ1) is 8.47. The molecule has 0 aliphatic rings. The Kier molecular flexibility index (Phi) is 5.82. The fraction of sp³-hybridized carbons (Fsp3) is 0.643. The van der Waals surface area contributed by atoms with E-state index in [4.69, 9.17) is 0 Å². The third-order valence-electron chi connectivity index (χ3n) is 3.03. The van der Waals surface area contributed by atoms with Crippen molar-refractivity contribution in [3.05, 3.63) is 21.9 Å². The number of carbonyl (C=O) groups is 1. The predicted molar refractivity (Wildman–Crippen MR) is 78.3 cm³/mol. The topological polar surface area (TPSA) is 41.1 Å². The van der Waals surface area contributed by atoms with Gasteiger partial charge in [-0.15, -0.1) is 11.3 Å². The molecule has 1 aromatic rings. The first kappa shape index (κ1) is 15.2. The molecule has 0 saturated carbocycles. The van der Waals surface area contributed by atoms with E-state index in [1.165, 1.54) is 10.4 Å². The van der Waals surface area contributed by atoms with E-state index < -0.39 is 0 Å². The van der Waals surface area contributed by atoms with Gasteiger partial charge in [-0.1, -0.05) is 13.8 Å². The lowest BCUT2D eigenvalue weighted by Gasteiger charge is -2.25. The van der Waals surface area contributed by atoms with Crippen molar-refractivity contribution in [1.82, 2.24) is 10.6 Å². The quantitative estimate of drug-likeness (QED) is 0.746. The van der Waals surface area contributed by atoms with Gasteiger partial charge in [0.05, 0.1) is 0 Å². The SMILES string of the molecule is CNCCCC(=O)NCC(C)(C)c1sccc1C. The number of nitrogens with one attached hydrogen (secondary N) is 2. The van der Waals surface area contributed by atoms with Crippen molar-refractivity contribution >= 4 is 17.2 Å². The molecule has 0 spiro atoms. The van der Waals surface area contributed by atoms with Crippen molar-refractivity contribution < 1.29 is 4.79 Å². The van der Waals surface area contributed by atoms with E-state index in [1.807, 2.05) is 7.05 Å². The number of amides is 1. The zero-order valence-corrected chi connectivity index (χ0v) is 12.6. The molecule has 0 bridgehead atoms. The Balaban J connectivity index is 2.42. The summed E-state index contributed by atoms with van der Waals surface area (Å²) >= 11 is 1.77. The van der Waals surface area contributed by atoms with E-state index >= 15 is 0 Å². The maximum Gasteiger partial charge on any atom is 0.220 e. The maximum absolute atomic E-state index is 11.7. The van der Waals surface area contributed by atoms with Crippen LogP contribution in [0.3, 0.4) is 0 Å². The summed E-state index contributed by atoms with van der Waals surface area (Å²) in [6.45, 7) is 8.08. The molecule has 2 N–H and O–H groups in total. The zero-order chi connectivity index (χ0) is 13.6. The second kappa shape index (κ2) is 6.90. The molecular weight excluding hydrogens is 244 g/mol. The van der Waals surface area contributed by atoms with Crippen molar-refractivity contribution in [2.24, 2.45) is 0 Å². The molecular formula is C14H24N2OS. The Labute approximate surface area is 114 Å². The molecule has 4 heteroatoms.